The predicted molar refractivity (Wildman–Crippen MR) is 166 cm³/mol. The summed E-state index contributed by atoms with van der Waals surface area (Å²) in [5.41, 5.74) is 5.38. The van der Waals surface area contributed by atoms with Crippen LogP contribution in [0.15, 0.2) is 78.9 Å². The molecule has 4 aromatic rings. The number of carbonyl (C=O) groups is 2. The average molecular weight is 622 g/mol. The molecule has 3 aromatic carbocycles. The van der Waals surface area contributed by atoms with E-state index in [4.69, 9.17) is 10.4 Å². The first kappa shape index (κ1) is 35.7. The van der Waals surface area contributed by atoms with Gasteiger partial charge in [0.05, 0.1) is 30.3 Å². The fourth-order valence-electron chi connectivity index (χ4n) is 5.47. The van der Waals surface area contributed by atoms with Crippen molar-refractivity contribution < 1.29 is 60.3 Å². The van der Waals surface area contributed by atoms with Gasteiger partial charge in [-0.1, -0.05) is 54.6 Å². The van der Waals surface area contributed by atoms with Crippen molar-refractivity contribution >= 4 is 11.9 Å². The van der Waals surface area contributed by atoms with Crippen LogP contribution in [0.3, 0.4) is 0 Å². The number of aliphatic carboxylic acids is 1. The number of aliphatic hydroxyl groups excluding tert-OH is 2. The monoisotopic (exact) mass is 621 g/mol. The van der Waals surface area contributed by atoms with E-state index in [0.717, 1.165) is 22.4 Å². The van der Waals surface area contributed by atoms with Gasteiger partial charge in [0.2, 0.25) is 0 Å². The number of carboxylic acid groups (broad SMARTS) is 1. The zero-order valence-electron chi connectivity index (χ0n) is 26.7. The maximum absolute atomic E-state index is 14.1. The molecule has 10 heteroatoms. The quantitative estimate of drug-likeness (QED) is 0.170. The van der Waals surface area contributed by atoms with Crippen molar-refractivity contribution in [2.45, 2.75) is 64.3 Å². The maximum Gasteiger partial charge on any atom is 1.00 e. The largest absolute Gasteiger partial charge is 1.00 e. The first-order valence-corrected chi connectivity index (χ1v) is 14.5. The standard InChI is InChI=1S/C35H36FN3O5.Na.H/c1-22(2)39-30(17-16-28(40)18-29(41)19-31(42)43)32(26-12-14-27(36)15-13-26)33(25-6-4-3-5-7-25)34(39)35(44)38-21-24-10-8-23(20-37)9-11-24;;/h3-15,22,28-29,40-41H,16-19,21H2,1-2H3,(H,38,44)(H,42,43);;/q;+1;-1/t28-,29-;;/m1../s1. The van der Waals surface area contributed by atoms with Crippen molar-refractivity contribution in [3.8, 4) is 28.3 Å². The van der Waals surface area contributed by atoms with Gasteiger partial charge in [0.25, 0.3) is 5.91 Å². The Balaban J connectivity index is 0.00000368. The third-order valence-corrected chi connectivity index (χ3v) is 7.44. The van der Waals surface area contributed by atoms with E-state index in [1.54, 1.807) is 36.4 Å². The van der Waals surface area contributed by atoms with E-state index < -0.39 is 30.4 Å². The molecule has 0 radical (unpaired) electrons. The molecular formula is C35H37FN3NaO5. The fraction of sp³-hybridized carbons (Fsp3) is 0.286. The topological polar surface area (TPSA) is 136 Å². The summed E-state index contributed by atoms with van der Waals surface area (Å²) in [5, 5.41) is 42.0. The number of hydrogen-bond acceptors (Lipinski definition) is 5. The van der Waals surface area contributed by atoms with Crippen molar-refractivity contribution in [2.75, 3.05) is 0 Å². The number of nitriles is 1. The molecule has 0 unspecified atom stereocenters. The molecule has 2 atom stereocenters. The van der Waals surface area contributed by atoms with Crippen LogP contribution in [-0.4, -0.2) is 44.0 Å². The molecule has 4 rings (SSSR count). The van der Waals surface area contributed by atoms with Crippen molar-refractivity contribution in [2.24, 2.45) is 0 Å². The summed E-state index contributed by atoms with van der Waals surface area (Å²) in [4.78, 5) is 25.1. The maximum atomic E-state index is 14.1. The molecule has 4 N–H and O–H groups in total. The third kappa shape index (κ3) is 9.13. The van der Waals surface area contributed by atoms with Crippen molar-refractivity contribution in [3.05, 3.63) is 107 Å². The van der Waals surface area contributed by atoms with E-state index in [9.17, 15) is 24.2 Å². The molecule has 230 valence electrons. The van der Waals surface area contributed by atoms with Crippen LogP contribution in [0.25, 0.3) is 22.3 Å². The molecule has 1 amide bonds. The van der Waals surface area contributed by atoms with Gasteiger partial charge in [-0.2, -0.15) is 5.26 Å². The summed E-state index contributed by atoms with van der Waals surface area (Å²) in [6, 6.07) is 24.4. The van der Waals surface area contributed by atoms with Crippen LogP contribution in [0.1, 0.15) is 67.9 Å². The summed E-state index contributed by atoms with van der Waals surface area (Å²) < 4.78 is 16.0. The van der Waals surface area contributed by atoms with Crippen molar-refractivity contribution in [1.29, 1.82) is 5.26 Å². The second-order valence-electron chi connectivity index (χ2n) is 11.1. The molecule has 1 heterocycles. The molecule has 0 fully saturated rings. The molecule has 0 saturated heterocycles. The Morgan fingerprint density at radius 3 is 2.13 bits per heavy atom. The van der Waals surface area contributed by atoms with Gasteiger partial charge in [-0.05, 0) is 74.1 Å². The molecule has 0 aliphatic carbocycles. The number of rotatable bonds is 13. The predicted octanol–water partition coefficient (Wildman–Crippen LogP) is 2.98. The smallest absolute Gasteiger partial charge is 1.00 e. The number of aromatic nitrogens is 1. The second-order valence-corrected chi connectivity index (χ2v) is 11.1. The van der Waals surface area contributed by atoms with Crippen molar-refractivity contribution in [1.82, 2.24) is 9.88 Å². The first-order valence-electron chi connectivity index (χ1n) is 14.5. The van der Waals surface area contributed by atoms with Gasteiger partial charge < -0.3 is 26.6 Å². The van der Waals surface area contributed by atoms with Gasteiger partial charge >= 0.3 is 35.5 Å². The molecular weight excluding hydrogens is 584 g/mol. The molecule has 0 aliphatic rings. The number of carboxylic acids is 1. The van der Waals surface area contributed by atoms with E-state index >= 15 is 0 Å². The molecule has 0 bridgehead atoms. The summed E-state index contributed by atoms with van der Waals surface area (Å²) in [5.74, 6) is -1.88. The molecule has 1 aromatic heterocycles. The Bertz CT molecular complexity index is 1640. The fourth-order valence-corrected chi connectivity index (χ4v) is 5.47. The Labute approximate surface area is 285 Å². The number of halogens is 1. The Hall–Kier alpha value is -3.78. The Morgan fingerprint density at radius 2 is 1.56 bits per heavy atom. The summed E-state index contributed by atoms with van der Waals surface area (Å²) in [7, 11) is 0. The average Bonchev–Trinajstić information content (AvgIpc) is 3.35. The minimum atomic E-state index is -1.20. The number of nitrogens with one attached hydrogen (secondary N) is 1. The van der Waals surface area contributed by atoms with Gasteiger partial charge in [-0.3, -0.25) is 9.59 Å². The van der Waals surface area contributed by atoms with Crippen LogP contribution in [0.4, 0.5) is 4.39 Å². The summed E-state index contributed by atoms with van der Waals surface area (Å²) >= 11 is 0. The molecule has 8 nitrogen and oxygen atoms in total. The van der Waals surface area contributed by atoms with Crippen LogP contribution >= 0.6 is 0 Å². The number of nitrogens with zero attached hydrogens (tertiary/aromatic N) is 2. The second kappa shape index (κ2) is 16.5. The minimum absolute atomic E-state index is 0. The Kier molecular flexibility index (Phi) is 13.1. The zero-order valence-corrected chi connectivity index (χ0v) is 27.7. The number of carbonyl (C=O) groups excluding carboxylic acids is 1. The van der Waals surface area contributed by atoms with Gasteiger partial charge in [-0.15, -0.1) is 0 Å². The van der Waals surface area contributed by atoms with Crippen LogP contribution < -0.4 is 34.9 Å². The molecule has 0 spiro atoms. The van der Waals surface area contributed by atoms with Gasteiger partial charge in [-0.25, -0.2) is 4.39 Å². The van der Waals surface area contributed by atoms with Gasteiger partial charge in [0.1, 0.15) is 11.5 Å². The molecule has 45 heavy (non-hydrogen) atoms. The third-order valence-electron chi connectivity index (χ3n) is 7.44. The van der Waals surface area contributed by atoms with Crippen LogP contribution in [0, 0.1) is 17.1 Å². The summed E-state index contributed by atoms with van der Waals surface area (Å²) in [6.45, 7) is 4.14. The Morgan fingerprint density at radius 1 is 0.933 bits per heavy atom. The molecule has 0 saturated carbocycles. The first-order chi connectivity index (χ1) is 21.1. The van der Waals surface area contributed by atoms with E-state index in [0.29, 0.717) is 28.8 Å². The molecule has 0 aliphatic heterocycles. The van der Waals surface area contributed by atoms with E-state index in [2.05, 4.69) is 11.4 Å². The van der Waals surface area contributed by atoms with E-state index in [1.807, 2.05) is 48.7 Å². The number of aliphatic hydroxyl groups is 2. The normalized spacial score (nSPS) is 12.2. The zero-order chi connectivity index (χ0) is 31.8. The van der Waals surface area contributed by atoms with Crippen LogP contribution in [-0.2, 0) is 17.8 Å². The van der Waals surface area contributed by atoms with Crippen LogP contribution in [0.5, 0.6) is 0 Å². The van der Waals surface area contributed by atoms with E-state index in [-0.39, 0.29) is 62.3 Å². The SMILES string of the molecule is CC(C)n1c(CC[C@@H](O)C[C@@H](O)CC(=O)O)c(-c2ccc(F)cc2)c(-c2ccccc2)c1C(=O)NCc1ccc(C#N)cc1.[H-].[Na+]. The number of amides is 1. The number of hydrogen-bond donors (Lipinski definition) is 4. The summed E-state index contributed by atoms with van der Waals surface area (Å²) in [6.07, 6.45) is -2.27. The van der Waals surface area contributed by atoms with Gasteiger partial charge in [0, 0.05) is 29.4 Å². The van der Waals surface area contributed by atoms with Gasteiger partial charge in [0.15, 0.2) is 0 Å². The minimum Gasteiger partial charge on any atom is -1.00 e. The number of benzene rings is 3. The van der Waals surface area contributed by atoms with E-state index in [1.165, 1.54) is 12.1 Å². The van der Waals surface area contributed by atoms with Crippen molar-refractivity contribution in [3.63, 3.8) is 0 Å². The van der Waals surface area contributed by atoms with Crippen LogP contribution in [0.2, 0.25) is 0 Å².